The maximum atomic E-state index is 11.9. The van der Waals surface area contributed by atoms with Gasteiger partial charge in [0.05, 0.1) is 5.75 Å². The van der Waals surface area contributed by atoms with Crippen LogP contribution in [0, 0.1) is 5.92 Å². The van der Waals surface area contributed by atoms with E-state index in [0.717, 1.165) is 14.5 Å². The van der Waals surface area contributed by atoms with Gasteiger partial charge in [-0.1, -0.05) is 31.9 Å². The zero-order chi connectivity index (χ0) is 14.9. The number of halogens is 2. The van der Waals surface area contributed by atoms with Gasteiger partial charge < -0.3 is 4.90 Å². The van der Waals surface area contributed by atoms with Crippen molar-refractivity contribution < 1.29 is 13.2 Å². The molecule has 1 aromatic carbocycles. The molecule has 2 rings (SSSR count). The number of amides is 1. The van der Waals surface area contributed by atoms with Crippen molar-refractivity contribution >= 4 is 47.8 Å². The minimum atomic E-state index is -3.54. The Morgan fingerprint density at radius 2 is 2.05 bits per heavy atom. The third-order valence-electron chi connectivity index (χ3n) is 3.13. The summed E-state index contributed by atoms with van der Waals surface area (Å²) in [6, 6.07) is 5.75. The summed E-state index contributed by atoms with van der Waals surface area (Å²) < 4.78 is 24.0. The summed E-state index contributed by atoms with van der Waals surface area (Å²) in [7, 11) is -3.54. The van der Waals surface area contributed by atoms with Crippen LogP contribution in [0.2, 0.25) is 0 Å². The van der Waals surface area contributed by atoms with E-state index in [0.29, 0.717) is 13.1 Å². The molecule has 1 saturated heterocycles. The molecule has 0 radical (unpaired) electrons. The van der Waals surface area contributed by atoms with Gasteiger partial charge in [-0.3, -0.25) is 4.79 Å². The Morgan fingerprint density at radius 1 is 1.35 bits per heavy atom. The summed E-state index contributed by atoms with van der Waals surface area (Å²) in [6.45, 7) is 0.883. The molecule has 110 valence electrons. The van der Waals surface area contributed by atoms with Crippen molar-refractivity contribution in [2.24, 2.45) is 11.1 Å². The van der Waals surface area contributed by atoms with Crippen LogP contribution in [0.5, 0.6) is 0 Å². The van der Waals surface area contributed by atoms with Crippen molar-refractivity contribution in [3.05, 3.63) is 32.7 Å². The average Bonchev–Trinajstić information content (AvgIpc) is 2.62. The summed E-state index contributed by atoms with van der Waals surface area (Å²) in [4.78, 5) is 13.6. The van der Waals surface area contributed by atoms with E-state index in [1.165, 1.54) is 0 Å². The highest BCUT2D eigenvalue weighted by molar-refractivity contribution is 9.11. The number of sulfonamides is 1. The first-order valence-electron chi connectivity index (χ1n) is 5.97. The number of carbonyl (C=O) groups excluding carboxylic acids is 1. The lowest BCUT2D eigenvalue weighted by Gasteiger charge is -2.17. The number of primary sulfonamides is 1. The molecular formula is C12H14Br2N2O3S. The second-order valence-corrected chi connectivity index (χ2v) is 8.34. The van der Waals surface area contributed by atoms with Gasteiger partial charge in [-0.25, -0.2) is 13.6 Å². The molecule has 0 aromatic heterocycles. The Hall–Kier alpha value is -0.440. The predicted octanol–water partition coefficient (Wildman–Crippen LogP) is 1.85. The van der Waals surface area contributed by atoms with Crippen LogP contribution in [0.3, 0.4) is 0 Å². The van der Waals surface area contributed by atoms with Crippen LogP contribution in [0.15, 0.2) is 27.1 Å². The molecule has 1 heterocycles. The quantitative estimate of drug-likeness (QED) is 0.799. The Balaban J connectivity index is 2.07. The molecule has 5 nitrogen and oxygen atoms in total. The van der Waals surface area contributed by atoms with Crippen molar-refractivity contribution in [3.8, 4) is 0 Å². The van der Waals surface area contributed by atoms with E-state index < -0.39 is 10.0 Å². The van der Waals surface area contributed by atoms with Crippen molar-refractivity contribution in [2.45, 2.75) is 13.0 Å². The van der Waals surface area contributed by atoms with Crippen LogP contribution in [-0.2, 0) is 21.4 Å². The molecule has 20 heavy (non-hydrogen) atoms. The van der Waals surface area contributed by atoms with Gasteiger partial charge in [0.1, 0.15) is 0 Å². The van der Waals surface area contributed by atoms with Crippen molar-refractivity contribution in [1.29, 1.82) is 0 Å². The van der Waals surface area contributed by atoms with Crippen LogP contribution in [0.1, 0.15) is 12.0 Å². The van der Waals surface area contributed by atoms with E-state index in [1.807, 2.05) is 18.2 Å². The lowest BCUT2D eigenvalue weighted by Crippen LogP contribution is -2.27. The minimum absolute atomic E-state index is 0.0366. The zero-order valence-corrected chi connectivity index (χ0v) is 14.5. The smallest absolute Gasteiger partial charge is 0.223 e. The molecule has 0 spiro atoms. The van der Waals surface area contributed by atoms with Gasteiger partial charge in [-0.2, -0.15) is 0 Å². The first-order valence-corrected chi connectivity index (χ1v) is 9.27. The SMILES string of the molecule is NS(=O)(=O)CC1CC(=O)N(Cc2cc(Br)ccc2Br)C1. The van der Waals surface area contributed by atoms with Crippen LogP contribution >= 0.6 is 31.9 Å². The number of likely N-dealkylation sites (tertiary alicyclic amines) is 1. The summed E-state index contributed by atoms with van der Waals surface area (Å²) in [6.07, 6.45) is 0.238. The van der Waals surface area contributed by atoms with E-state index in [9.17, 15) is 13.2 Å². The van der Waals surface area contributed by atoms with E-state index in [4.69, 9.17) is 5.14 Å². The predicted molar refractivity (Wildman–Crippen MR) is 83.3 cm³/mol. The molecule has 1 unspecified atom stereocenters. The van der Waals surface area contributed by atoms with Crippen LogP contribution in [0.25, 0.3) is 0 Å². The van der Waals surface area contributed by atoms with Gasteiger partial charge in [-0.15, -0.1) is 0 Å². The zero-order valence-electron chi connectivity index (χ0n) is 10.6. The molecule has 1 aliphatic rings. The fraction of sp³-hybridized carbons (Fsp3) is 0.417. The first kappa shape index (κ1) is 15.9. The lowest BCUT2D eigenvalue weighted by atomic mass is 10.1. The second-order valence-electron chi connectivity index (χ2n) is 4.91. The second kappa shape index (κ2) is 6.13. The molecule has 1 aliphatic heterocycles. The molecule has 1 atom stereocenters. The third-order valence-corrected chi connectivity index (χ3v) is 5.33. The number of nitrogens with zero attached hydrogens (tertiary/aromatic N) is 1. The van der Waals surface area contributed by atoms with Gasteiger partial charge in [0, 0.05) is 34.4 Å². The van der Waals surface area contributed by atoms with E-state index in [-0.39, 0.29) is 24.0 Å². The molecule has 2 N–H and O–H groups in total. The highest BCUT2D eigenvalue weighted by Gasteiger charge is 2.32. The molecule has 0 bridgehead atoms. The number of nitrogens with two attached hydrogens (primary N) is 1. The molecule has 1 aromatic rings. The van der Waals surface area contributed by atoms with Gasteiger partial charge in [0.25, 0.3) is 0 Å². The van der Waals surface area contributed by atoms with Crippen molar-refractivity contribution in [3.63, 3.8) is 0 Å². The Kier molecular flexibility index (Phi) is 4.88. The number of rotatable bonds is 4. The maximum absolute atomic E-state index is 11.9. The Labute approximate surface area is 134 Å². The number of benzene rings is 1. The average molecular weight is 426 g/mol. The molecule has 0 saturated carbocycles. The van der Waals surface area contributed by atoms with Crippen molar-refractivity contribution in [1.82, 2.24) is 4.90 Å². The van der Waals surface area contributed by atoms with Crippen molar-refractivity contribution in [2.75, 3.05) is 12.3 Å². The molecular weight excluding hydrogens is 412 g/mol. The fourth-order valence-electron chi connectivity index (χ4n) is 2.32. The summed E-state index contributed by atoms with van der Waals surface area (Å²) in [5, 5.41) is 5.03. The summed E-state index contributed by atoms with van der Waals surface area (Å²) in [5.41, 5.74) is 0.976. The highest BCUT2D eigenvalue weighted by atomic mass is 79.9. The maximum Gasteiger partial charge on any atom is 0.223 e. The van der Waals surface area contributed by atoms with Crippen LogP contribution in [0.4, 0.5) is 0 Å². The molecule has 8 heteroatoms. The highest BCUT2D eigenvalue weighted by Crippen LogP contribution is 2.26. The van der Waals surface area contributed by atoms with Gasteiger partial charge in [0.15, 0.2) is 0 Å². The van der Waals surface area contributed by atoms with Gasteiger partial charge in [0.2, 0.25) is 15.9 Å². The first-order chi connectivity index (χ1) is 9.24. The van der Waals surface area contributed by atoms with E-state index in [1.54, 1.807) is 4.90 Å². The largest absolute Gasteiger partial charge is 0.338 e. The summed E-state index contributed by atoms with van der Waals surface area (Å²) in [5.74, 6) is -0.400. The topological polar surface area (TPSA) is 80.5 Å². The minimum Gasteiger partial charge on any atom is -0.338 e. The number of hydrogen-bond acceptors (Lipinski definition) is 3. The van der Waals surface area contributed by atoms with Crippen LogP contribution in [-0.4, -0.2) is 31.5 Å². The third kappa shape index (κ3) is 4.28. The fourth-order valence-corrected chi connectivity index (χ4v) is 3.98. The number of carbonyl (C=O) groups is 1. The Morgan fingerprint density at radius 3 is 2.70 bits per heavy atom. The molecule has 1 amide bonds. The van der Waals surface area contributed by atoms with Crippen LogP contribution < -0.4 is 5.14 Å². The Bertz CT molecular complexity index is 634. The standard InChI is InChI=1S/C12H14Br2N2O3S/c13-10-1-2-11(14)9(4-10)6-16-5-8(3-12(16)17)7-20(15,18)19/h1-2,4,8H,3,5-7H2,(H2,15,18,19). The van der Waals surface area contributed by atoms with E-state index in [2.05, 4.69) is 31.9 Å². The van der Waals surface area contributed by atoms with Gasteiger partial charge in [-0.05, 0) is 23.8 Å². The number of hydrogen-bond donors (Lipinski definition) is 1. The molecule has 1 fully saturated rings. The summed E-state index contributed by atoms with van der Waals surface area (Å²) >= 11 is 6.84. The van der Waals surface area contributed by atoms with E-state index >= 15 is 0 Å². The molecule has 0 aliphatic carbocycles. The lowest BCUT2D eigenvalue weighted by molar-refractivity contribution is -0.128. The monoisotopic (exact) mass is 424 g/mol. The normalized spacial score (nSPS) is 19.6. The van der Waals surface area contributed by atoms with Gasteiger partial charge >= 0.3 is 0 Å².